The maximum atomic E-state index is 14.4. The van der Waals surface area contributed by atoms with Gasteiger partial charge in [-0.1, -0.05) is 29.8 Å². The van der Waals surface area contributed by atoms with Gasteiger partial charge in [-0.3, -0.25) is 4.79 Å². The Labute approximate surface area is 177 Å². The molecular weight excluding hydrogens is 413 g/mol. The van der Waals surface area contributed by atoms with Gasteiger partial charge in [0.25, 0.3) is 5.78 Å². The second-order valence-electron chi connectivity index (χ2n) is 6.35. The predicted octanol–water partition coefficient (Wildman–Crippen LogP) is 4.52. The summed E-state index contributed by atoms with van der Waals surface area (Å²) < 4.78 is 26.1. The number of hydrogen-bond acceptors (Lipinski definition) is 5. The van der Waals surface area contributed by atoms with Crippen LogP contribution in [0.4, 0.5) is 4.39 Å². The van der Waals surface area contributed by atoms with Gasteiger partial charge in [-0.05, 0) is 25.1 Å². The van der Waals surface area contributed by atoms with Crippen molar-refractivity contribution in [3.63, 3.8) is 0 Å². The monoisotopic (exact) mass is 431 g/mol. The molecule has 156 valence electrons. The Morgan fingerprint density at radius 2 is 1.97 bits per heavy atom. The molecule has 6 nitrogen and oxygen atoms in total. The van der Waals surface area contributed by atoms with Crippen LogP contribution in [0.5, 0.6) is 5.75 Å². The van der Waals surface area contributed by atoms with Gasteiger partial charge in [0.15, 0.2) is 0 Å². The Morgan fingerprint density at radius 1 is 1.23 bits per heavy atom. The molecule has 0 aliphatic carbocycles. The van der Waals surface area contributed by atoms with E-state index in [0.29, 0.717) is 22.2 Å². The molecule has 0 unspecified atom stereocenters. The molecule has 8 heteroatoms. The van der Waals surface area contributed by atoms with E-state index in [-0.39, 0.29) is 23.7 Å². The molecule has 0 aliphatic rings. The molecule has 0 bridgehead atoms. The summed E-state index contributed by atoms with van der Waals surface area (Å²) in [7, 11) is 1.47. The summed E-state index contributed by atoms with van der Waals surface area (Å²) in [5.74, 6) is -2.60. The fraction of sp³-hybridized carbons (Fsp3) is 0.182. The Kier molecular flexibility index (Phi) is 6.42. The van der Waals surface area contributed by atoms with Crippen LogP contribution in [0, 0.1) is 5.82 Å². The SMILES string of the molecule is CCOC(=O)C(=O)C=C(O)c1cn(Cc2cccc(Cl)c2F)c2cccc(OC)c12. The summed E-state index contributed by atoms with van der Waals surface area (Å²) in [5.41, 5.74) is 1.23. The molecule has 30 heavy (non-hydrogen) atoms. The molecule has 0 saturated heterocycles. The second kappa shape index (κ2) is 9.00. The number of methoxy groups -OCH3 is 1. The number of hydrogen-bond donors (Lipinski definition) is 1. The van der Waals surface area contributed by atoms with E-state index >= 15 is 0 Å². The number of ketones is 1. The molecule has 0 saturated carbocycles. The van der Waals surface area contributed by atoms with Crippen LogP contribution in [-0.2, 0) is 20.9 Å². The van der Waals surface area contributed by atoms with Crippen LogP contribution in [0.25, 0.3) is 16.7 Å². The summed E-state index contributed by atoms with van der Waals surface area (Å²) in [5, 5.41) is 11.1. The number of aromatic nitrogens is 1. The normalized spacial score (nSPS) is 11.5. The Bertz CT molecular complexity index is 1150. The Hall–Kier alpha value is -3.32. The van der Waals surface area contributed by atoms with E-state index in [1.54, 1.807) is 48.0 Å². The maximum absolute atomic E-state index is 14.4. The topological polar surface area (TPSA) is 77.8 Å². The van der Waals surface area contributed by atoms with E-state index in [9.17, 15) is 19.1 Å². The van der Waals surface area contributed by atoms with E-state index in [4.69, 9.17) is 16.3 Å². The zero-order chi connectivity index (χ0) is 21.8. The van der Waals surface area contributed by atoms with Gasteiger partial charge in [0.1, 0.15) is 17.3 Å². The zero-order valence-corrected chi connectivity index (χ0v) is 17.1. The van der Waals surface area contributed by atoms with Crippen LogP contribution in [0.15, 0.2) is 48.7 Å². The lowest BCUT2D eigenvalue weighted by molar-refractivity contribution is -0.151. The lowest BCUT2D eigenvalue weighted by Gasteiger charge is -2.08. The van der Waals surface area contributed by atoms with E-state index in [1.807, 2.05) is 0 Å². The molecule has 1 N–H and O–H groups in total. The minimum Gasteiger partial charge on any atom is -0.507 e. The summed E-state index contributed by atoms with van der Waals surface area (Å²) in [6.07, 6.45) is 2.35. The van der Waals surface area contributed by atoms with Crippen molar-refractivity contribution < 1.29 is 28.6 Å². The highest BCUT2D eigenvalue weighted by Gasteiger charge is 2.20. The molecule has 0 spiro atoms. The first-order valence-electron chi connectivity index (χ1n) is 9.08. The van der Waals surface area contributed by atoms with Crippen LogP contribution in [-0.4, -0.2) is 35.1 Å². The van der Waals surface area contributed by atoms with E-state index < -0.39 is 23.3 Å². The summed E-state index contributed by atoms with van der Waals surface area (Å²) in [6, 6.07) is 9.91. The Balaban J connectivity index is 2.12. The first-order chi connectivity index (χ1) is 14.4. The quantitative estimate of drug-likeness (QED) is 0.257. The lowest BCUT2D eigenvalue weighted by Crippen LogP contribution is -2.15. The molecule has 2 aromatic carbocycles. The average Bonchev–Trinajstić information content (AvgIpc) is 3.10. The minimum absolute atomic E-state index is 0.00421. The van der Waals surface area contributed by atoms with Gasteiger partial charge >= 0.3 is 5.97 Å². The first-order valence-corrected chi connectivity index (χ1v) is 9.46. The van der Waals surface area contributed by atoms with Crippen molar-refractivity contribution in [2.45, 2.75) is 13.5 Å². The van der Waals surface area contributed by atoms with Crippen LogP contribution in [0.2, 0.25) is 5.02 Å². The van der Waals surface area contributed by atoms with Crippen molar-refractivity contribution in [2.24, 2.45) is 0 Å². The number of benzene rings is 2. The first kappa shape index (κ1) is 21.4. The molecule has 0 fully saturated rings. The highest BCUT2D eigenvalue weighted by molar-refractivity contribution is 6.39. The summed E-state index contributed by atoms with van der Waals surface area (Å²) in [6.45, 7) is 1.73. The van der Waals surface area contributed by atoms with Crippen LogP contribution < -0.4 is 4.74 Å². The lowest BCUT2D eigenvalue weighted by atomic mass is 10.1. The van der Waals surface area contributed by atoms with Gasteiger partial charge in [-0.2, -0.15) is 0 Å². The van der Waals surface area contributed by atoms with Crippen LogP contribution in [0.3, 0.4) is 0 Å². The summed E-state index contributed by atoms with van der Waals surface area (Å²) >= 11 is 5.88. The van der Waals surface area contributed by atoms with Gasteiger partial charge in [0.2, 0.25) is 0 Å². The minimum atomic E-state index is -1.07. The van der Waals surface area contributed by atoms with Gasteiger partial charge in [-0.25, -0.2) is 9.18 Å². The number of nitrogens with zero attached hydrogens (tertiary/aromatic N) is 1. The smallest absolute Gasteiger partial charge is 0.379 e. The fourth-order valence-corrected chi connectivity index (χ4v) is 3.33. The third-order valence-corrected chi connectivity index (χ3v) is 4.77. The van der Waals surface area contributed by atoms with Crippen molar-refractivity contribution in [1.29, 1.82) is 0 Å². The number of rotatable bonds is 7. The number of carbonyl (C=O) groups is 2. The van der Waals surface area contributed by atoms with Crippen LogP contribution in [0.1, 0.15) is 18.1 Å². The number of esters is 1. The maximum Gasteiger partial charge on any atom is 0.379 e. The van der Waals surface area contributed by atoms with Gasteiger partial charge in [0.05, 0.1) is 36.2 Å². The number of halogens is 2. The van der Waals surface area contributed by atoms with Crippen molar-refractivity contribution in [1.82, 2.24) is 4.57 Å². The average molecular weight is 432 g/mol. The predicted molar refractivity (Wildman–Crippen MR) is 111 cm³/mol. The third-order valence-electron chi connectivity index (χ3n) is 4.48. The highest BCUT2D eigenvalue weighted by Crippen LogP contribution is 2.34. The van der Waals surface area contributed by atoms with E-state index in [0.717, 1.165) is 6.08 Å². The molecule has 0 aliphatic heterocycles. The standard InChI is InChI=1S/C22H19ClFNO5/c1-3-30-22(28)18(27)10-17(26)14-12-25(11-13-6-4-7-15(23)21(13)24)16-8-5-9-19(29-2)20(14)16/h4-10,12,26H,3,11H2,1-2H3. The molecule has 0 atom stereocenters. The van der Waals surface area contributed by atoms with Gasteiger partial charge in [-0.15, -0.1) is 0 Å². The van der Waals surface area contributed by atoms with Crippen molar-refractivity contribution in [3.8, 4) is 5.75 Å². The molecule has 3 aromatic rings. The largest absolute Gasteiger partial charge is 0.507 e. The van der Waals surface area contributed by atoms with Crippen molar-refractivity contribution >= 4 is 40.0 Å². The molecule has 1 aromatic heterocycles. The number of fused-ring (bicyclic) bond motifs is 1. The number of carbonyl (C=O) groups excluding carboxylic acids is 2. The number of aliphatic hydroxyl groups excluding tert-OH is 1. The van der Waals surface area contributed by atoms with Gasteiger partial charge in [0, 0.05) is 23.4 Å². The molecule has 1 heterocycles. The van der Waals surface area contributed by atoms with E-state index in [2.05, 4.69) is 4.74 Å². The zero-order valence-electron chi connectivity index (χ0n) is 16.3. The molecular formula is C22H19ClFNO5. The fourth-order valence-electron chi connectivity index (χ4n) is 3.13. The van der Waals surface area contributed by atoms with Crippen LogP contribution >= 0.6 is 11.6 Å². The third kappa shape index (κ3) is 4.16. The van der Waals surface area contributed by atoms with Crippen molar-refractivity contribution in [3.05, 3.63) is 70.6 Å². The Morgan fingerprint density at radius 3 is 2.67 bits per heavy atom. The van der Waals surface area contributed by atoms with E-state index in [1.165, 1.54) is 13.2 Å². The summed E-state index contributed by atoms with van der Waals surface area (Å²) in [4.78, 5) is 23.6. The number of aliphatic hydroxyl groups is 1. The van der Waals surface area contributed by atoms with Crippen molar-refractivity contribution in [2.75, 3.05) is 13.7 Å². The van der Waals surface area contributed by atoms with Gasteiger partial charge < -0.3 is 19.1 Å². The molecule has 0 radical (unpaired) electrons. The second-order valence-corrected chi connectivity index (χ2v) is 6.76. The highest BCUT2D eigenvalue weighted by atomic mass is 35.5. The molecule has 0 amide bonds. The molecule has 3 rings (SSSR count). The number of ether oxygens (including phenoxy) is 2.